The Hall–Kier alpha value is -3.92. The normalized spacial score (nSPS) is 10.9. The number of hydrogen-bond acceptors (Lipinski definition) is 6. The number of halogens is 1. The van der Waals surface area contributed by atoms with E-state index in [1.54, 1.807) is 6.07 Å². The van der Waals surface area contributed by atoms with E-state index in [2.05, 4.69) is 10.0 Å². The molecule has 0 heterocycles. The van der Waals surface area contributed by atoms with Crippen molar-refractivity contribution < 1.29 is 31.9 Å². The van der Waals surface area contributed by atoms with Crippen molar-refractivity contribution in [3.8, 4) is 5.75 Å². The highest BCUT2D eigenvalue weighted by molar-refractivity contribution is 7.92. The third kappa shape index (κ3) is 7.31. The standard InChI is InChI=1S/C24H23FN2O6S/c1-17-4-2-6-21(14-17)32-13-12-26-23(28)16-33-24(29)18-5-3-7-22(15-18)34(30,31)27-20-10-8-19(25)9-11-20/h2-11,14-15,27H,12-13,16H2,1H3,(H,26,28). The van der Waals surface area contributed by atoms with E-state index in [4.69, 9.17) is 9.47 Å². The van der Waals surface area contributed by atoms with Gasteiger partial charge in [-0.3, -0.25) is 9.52 Å². The first-order valence-corrected chi connectivity index (χ1v) is 11.7. The Morgan fingerprint density at radius 2 is 1.71 bits per heavy atom. The summed E-state index contributed by atoms with van der Waals surface area (Å²) in [7, 11) is -4.03. The molecule has 0 bridgehead atoms. The van der Waals surface area contributed by atoms with Crippen LogP contribution < -0.4 is 14.8 Å². The van der Waals surface area contributed by atoms with E-state index in [0.717, 1.165) is 23.8 Å². The summed E-state index contributed by atoms with van der Waals surface area (Å²) < 4.78 is 50.9. The van der Waals surface area contributed by atoms with Crippen molar-refractivity contribution >= 4 is 27.6 Å². The van der Waals surface area contributed by atoms with Gasteiger partial charge in [-0.1, -0.05) is 18.2 Å². The van der Waals surface area contributed by atoms with Gasteiger partial charge in [0.2, 0.25) is 0 Å². The lowest BCUT2D eigenvalue weighted by molar-refractivity contribution is -0.124. The van der Waals surface area contributed by atoms with Crippen molar-refractivity contribution in [1.82, 2.24) is 5.32 Å². The Morgan fingerprint density at radius 1 is 0.971 bits per heavy atom. The van der Waals surface area contributed by atoms with E-state index in [9.17, 15) is 22.4 Å². The van der Waals surface area contributed by atoms with Gasteiger partial charge in [0.05, 0.1) is 17.0 Å². The second-order valence-electron chi connectivity index (χ2n) is 7.23. The van der Waals surface area contributed by atoms with Gasteiger partial charge in [-0.25, -0.2) is 17.6 Å². The number of aryl methyl sites for hydroxylation is 1. The van der Waals surface area contributed by atoms with Crippen LogP contribution in [0.2, 0.25) is 0 Å². The van der Waals surface area contributed by atoms with E-state index in [0.29, 0.717) is 5.75 Å². The SMILES string of the molecule is Cc1cccc(OCCNC(=O)COC(=O)c2cccc(S(=O)(=O)Nc3ccc(F)cc3)c2)c1. The van der Waals surface area contributed by atoms with Crippen LogP contribution in [0, 0.1) is 12.7 Å². The maximum atomic E-state index is 13.0. The highest BCUT2D eigenvalue weighted by atomic mass is 32.2. The molecule has 0 fully saturated rings. The molecule has 0 atom stereocenters. The predicted molar refractivity (Wildman–Crippen MR) is 124 cm³/mol. The molecular formula is C24H23FN2O6S. The molecule has 3 aromatic rings. The zero-order valence-corrected chi connectivity index (χ0v) is 19.1. The molecule has 10 heteroatoms. The fraction of sp³-hybridized carbons (Fsp3) is 0.167. The highest BCUT2D eigenvalue weighted by Crippen LogP contribution is 2.18. The first-order valence-electron chi connectivity index (χ1n) is 10.2. The maximum Gasteiger partial charge on any atom is 0.338 e. The van der Waals surface area contributed by atoms with Gasteiger partial charge in [0.1, 0.15) is 18.2 Å². The molecular weight excluding hydrogens is 463 g/mol. The lowest BCUT2D eigenvalue weighted by atomic mass is 10.2. The van der Waals surface area contributed by atoms with Crippen LogP contribution in [0.1, 0.15) is 15.9 Å². The molecule has 178 valence electrons. The molecule has 0 aliphatic heterocycles. The zero-order chi connectivity index (χ0) is 24.6. The van der Waals surface area contributed by atoms with Crippen LogP contribution in [-0.4, -0.2) is 40.1 Å². The van der Waals surface area contributed by atoms with Crippen LogP contribution in [0.3, 0.4) is 0 Å². The lowest BCUT2D eigenvalue weighted by Gasteiger charge is -2.10. The highest BCUT2D eigenvalue weighted by Gasteiger charge is 2.18. The quantitative estimate of drug-likeness (QED) is 0.336. The summed E-state index contributed by atoms with van der Waals surface area (Å²) >= 11 is 0. The number of esters is 1. The Bertz CT molecular complexity index is 1260. The van der Waals surface area contributed by atoms with Crippen molar-refractivity contribution in [2.75, 3.05) is 24.5 Å². The average molecular weight is 487 g/mol. The summed E-state index contributed by atoms with van der Waals surface area (Å²) in [5.74, 6) is -1.20. The molecule has 0 aliphatic carbocycles. The third-order valence-corrected chi connectivity index (χ3v) is 5.87. The molecule has 0 unspecified atom stereocenters. The number of hydrogen-bond donors (Lipinski definition) is 2. The molecule has 0 aromatic heterocycles. The van der Waals surface area contributed by atoms with Crippen LogP contribution in [0.25, 0.3) is 0 Å². The Labute approximate surface area is 196 Å². The summed E-state index contributed by atoms with van der Waals surface area (Å²) in [5, 5.41) is 2.57. The number of amides is 1. The fourth-order valence-corrected chi connectivity index (χ4v) is 3.96. The Balaban J connectivity index is 1.48. The average Bonchev–Trinajstić information content (AvgIpc) is 2.82. The molecule has 2 N–H and O–H groups in total. The molecule has 3 aromatic carbocycles. The Morgan fingerprint density at radius 3 is 2.44 bits per heavy atom. The molecule has 0 aliphatic rings. The molecule has 0 saturated heterocycles. The second kappa shape index (κ2) is 11.3. The van der Waals surface area contributed by atoms with E-state index < -0.39 is 34.3 Å². The minimum absolute atomic E-state index is 0.0439. The number of anilines is 1. The minimum Gasteiger partial charge on any atom is -0.492 e. The first kappa shape index (κ1) is 24.7. The van der Waals surface area contributed by atoms with Gasteiger partial charge in [0, 0.05) is 5.69 Å². The van der Waals surface area contributed by atoms with E-state index in [1.165, 1.54) is 30.3 Å². The number of benzene rings is 3. The number of nitrogens with one attached hydrogen (secondary N) is 2. The van der Waals surface area contributed by atoms with E-state index >= 15 is 0 Å². The van der Waals surface area contributed by atoms with Crippen molar-refractivity contribution in [2.45, 2.75) is 11.8 Å². The minimum atomic E-state index is -4.03. The van der Waals surface area contributed by atoms with Gasteiger partial charge in [0.25, 0.3) is 15.9 Å². The molecule has 8 nitrogen and oxygen atoms in total. The van der Waals surface area contributed by atoms with Gasteiger partial charge < -0.3 is 14.8 Å². The van der Waals surface area contributed by atoms with E-state index in [1.807, 2.05) is 25.1 Å². The first-order chi connectivity index (χ1) is 16.2. The van der Waals surface area contributed by atoms with E-state index in [-0.39, 0.29) is 29.3 Å². The summed E-state index contributed by atoms with van der Waals surface area (Å²) in [4.78, 5) is 24.0. The van der Waals surface area contributed by atoms with Crippen molar-refractivity contribution in [2.24, 2.45) is 0 Å². The lowest BCUT2D eigenvalue weighted by Crippen LogP contribution is -2.32. The molecule has 0 spiro atoms. The smallest absolute Gasteiger partial charge is 0.338 e. The fourth-order valence-electron chi connectivity index (χ4n) is 2.85. The van der Waals surface area contributed by atoms with Gasteiger partial charge in [-0.15, -0.1) is 0 Å². The van der Waals surface area contributed by atoms with Crippen LogP contribution in [0.15, 0.2) is 77.7 Å². The van der Waals surface area contributed by atoms with Crippen LogP contribution in [0.5, 0.6) is 5.75 Å². The van der Waals surface area contributed by atoms with Gasteiger partial charge >= 0.3 is 5.97 Å². The monoisotopic (exact) mass is 486 g/mol. The summed E-state index contributed by atoms with van der Waals surface area (Å²) in [6.07, 6.45) is 0. The summed E-state index contributed by atoms with van der Waals surface area (Å²) in [6.45, 7) is 1.86. The van der Waals surface area contributed by atoms with Crippen LogP contribution in [0.4, 0.5) is 10.1 Å². The van der Waals surface area contributed by atoms with Crippen LogP contribution in [-0.2, 0) is 19.6 Å². The second-order valence-corrected chi connectivity index (χ2v) is 8.91. The molecule has 0 saturated carbocycles. The summed E-state index contributed by atoms with van der Waals surface area (Å²) in [5.41, 5.74) is 1.17. The van der Waals surface area contributed by atoms with Gasteiger partial charge in [-0.05, 0) is 67.1 Å². The van der Waals surface area contributed by atoms with Crippen molar-refractivity contribution in [1.29, 1.82) is 0 Å². The topological polar surface area (TPSA) is 111 Å². The van der Waals surface area contributed by atoms with Crippen molar-refractivity contribution in [3.63, 3.8) is 0 Å². The number of carbonyl (C=O) groups is 2. The molecule has 34 heavy (non-hydrogen) atoms. The largest absolute Gasteiger partial charge is 0.492 e. The Kier molecular flexibility index (Phi) is 8.20. The number of sulfonamides is 1. The molecule has 1 amide bonds. The number of rotatable bonds is 10. The van der Waals surface area contributed by atoms with Gasteiger partial charge in [0.15, 0.2) is 6.61 Å². The zero-order valence-electron chi connectivity index (χ0n) is 18.3. The molecule has 3 rings (SSSR count). The van der Waals surface area contributed by atoms with Crippen LogP contribution >= 0.6 is 0 Å². The molecule has 0 radical (unpaired) electrons. The van der Waals surface area contributed by atoms with Crippen molar-refractivity contribution in [3.05, 3.63) is 89.7 Å². The maximum absolute atomic E-state index is 13.0. The number of carbonyl (C=O) groups excluding carboxylic acids is 2. The summed E-state index contributed by atoms with van der Waals surface area (Å²) in [6, 6.07) is 17.4. The van der Waals surface area contributed by atoms with Gasteiger partial charge in [-0.2, -0.15) is 0 Å². The predicted octanol–water partition coefficient (Wildman–Crippen LogP) is 3.29. The third-order valence-electron chi connectivity index (χ3n) is 4.49. The number of ether oxygens (including phenoxy) is 2.